The van der Waals surface area contributed by atoms with E-state index in [9.17, 15) is 13.2 Å². The molecule has 0 fully saturated rings. The van der Waals surface area contributed by atoms with Crippen LogP contribution in [0.25, 0.3) is 0 Å². The summed E-state index contributed by atoms with van der Waals surface area (Å²) in [5.41, 5.74) is 1.13. The fraction of sp³-hybridized carbons (Fsp3) is 0.240. The molecule has 0 aliphatic heterocycles. The van der Waals surface area contributed by atoms with Crippen LogP contribution in [0.3, 0.4) is 0 Å². The summed E-state index contributed by atoms with van der Waals surface area (Å²) in [6.07, 6.45) is 1.10. The SMILES string of the molecule is CC(C)Oc1cccc(CNC(=O)CN(c2ccccc2Oc2ccccc2)S(C)(=O)=O)c1. The zero-order valence-electron chi connectivity index (χ0n) is 18.9. The van der Waals surface area contributed by atoms with Gasteiger partial charge in [0.2, 0.25) is 15.9 Å². The molecular formula is C25H28N2O5S. The van der Waals surface area contributed by atoms with Crippen molar-refractivity contribution in [2.75, 3.05) is 17.1 Å². The first kappa shape index (κ1) is 24.1. The van der Waals surface area contributed by atoms with Gasteiger partial charge in [0.05, 0.1) is 18.0 Å². The quantitative estimate of drug-likeness (QED) is 0.478. The maximum atomic E-state index is 12.7. The first-order chi connectivity index (χ1) is 15.7. The summed E-state index contributed by atoms with van der Waals surface area (Å²) >= 11 is 0. The lowest BCUT2D eigenvalue weighted by atomic mass is 10.2. The second kappa shape index (κ2) is 10.9. The van der Waals surface area contributed by atoms with Crippen LogP contribution in [0.5, 0.6) is 17.2 Å². The molecule has 0 aromatic heterocycles. The van der Waals surface area contributed by atoms with Crippen molar-refractivity contribution in [1.82, 2.24) is 5.32 Å². The van der Waals surface area contributed by atoms with Gasteiger partial charge >= 0.3 is 0 Å². The number of para-hydroxylation sites is 3. The molecule has 0 spiro atoms. The summed E-state index contributed by atoms with van der Waals surface area (Å²) in [5.74, 6) is 1.17. The molecule has 33 heavy (non-hydrogen) atoms. The number of rotatable bonds is 10. The maximum absolute atomic E-state index is 12.7. The predicted molar refractivity (Wildman–Crippen MR) is 129 cm³/mol. The van der Waals surface area contributed by atoms with Gasteiger partial charge < -0.3 is 14.8 Å². The lowest BCUT2D eigenvalue weighted by molar-refractivity contribution is -0.119. The van der Waals surface area contributed by atoms with E-state index in [4.69, 9.17) is 9.47 Å². The summed E-state index contributed by atoms with van der Waals surface area (Å²) < 4.78 is 37.7. The Kier molecular flexibility index (Phi) is 7.95. The summed E-state index contributed by atoms with van der Waals surface area (Å²) in [6.45, 7) is 3.74. The Balaban J connectivity index is 1.74. The molecule has 1 N–H and O–H groups in total. The fourth-order valence-corrected chi connectivity index (χ4v) is 3.99. The minimum atomic E-state index is -3.76. The van der Waals surface area contributed by atoms with Gasteiger partial charge in [-0.15, -0.1) is 0 Å². The molecule has 0 unspecified atom stereocenters. The number of hydrogen-bond donors (Lipinski definition) is 1. The molecule has 0 atom stereocenters. The van der Waals surface area contributed by atoms with E-state index < -0.39 is 15.9 Å². The number of nitrogens with zero attached hydrogens (tertiary/aromatic N) is 1. The molecule has 3 aromatic rings. The molecule has 0 aliphatic carbocycles. The van der Waals surface area contributed by atoms with Crippen molar-refractivity contribution < 1.29 is 22.7 Å². The monoisotopic (exact) mass is 468 g/mol. The molecule has 0 aliphatic rings. The molecule has 0 heterocycles. The maximum Gasteiger partial charge on any atom is 0.241 e. The summed E-state index contributed by atoms with van der Waals surface area (Å²) in [6, 6.07) is 23.2. The lowest BCUT2D eigenvalue weighted by Gasteiger charge is -2.24. The van der Waals surface area contributed by atoms with Crippen molar-refractivity contribution in [2.45, 2.75) is 26.5 Å². The largest absolute Gasteiger partial charge is 0.491 e. The van der Waals surface area contributed by atoms with Crippen LogP contribution in [0, 0.1) is 0 Å². The van der Waals surface area contributed by atoms with Crippen LogP contribution in [-0.2, 0) is 21.4 Å². The zero-order valence-corrected chi connectivity index (χ0v) is 19.7. The van der Waals surface area contributed by atoms with Crippen LogP contribution in [0.15, 0.2) is 78.9 Å². The van der Waals surface area contributed by atoms with E-state index >= 15 is 0 Å². The Labute approximate surface area is 195 Å². The predicted octanol–water partition coefficient (Wildman–Crippen LogP) is 4.35. The Bertz CT molecular complexity index is 1180. The van der Waals surface area contributed by atoms with Gasteiger partial charge in [-0.1, -0.05) is 42.5 Å². The van der Waals surface area contributed by atoms with E-state index in [-0.39, 0.29) is 24.9 Å². The van der Waals surface area contributed by atoms with E-state index in [1.54, 1.807) is 36.4 Å². The average Bonchev–Trinajstić information content (AvgIpc) is 2.76. The molecule has 0 radical (unpaired) electrons. The van der Waals surface area contributed by atoms with Crippen molar-refractivity contribution in [1.29, 1.82) is 0 Å². The van der Waals surface area contributed by atoms with E-state index in [1.807, 2.05) is 56.3 Å². The molecular weight excluding hydrogens is 440 g/mol. The fourth-order valence-electron chi connectivity index (χ4n) is 3.13. The van der Waals surface area contributed by atoms with Gasteiger partial charge in [0.1, 0.15) is 18.0 Å². The molecule has 3 rings (SSSR count). The van der Waals surface area contributed by atoms with Crippen LogP contribution >= 0.6 is 0 Å². The van der Waals surface area contributed by atoms with Crippen molar-refractivity contribution in [3.8, 4) is 17.2 Å². The van der Waals surface area contributed by atoms with Gasteiger partial charge in [0.25, 0.3) is 0 Å². The highest BCUT2D eigenvalue weighted by Gasteiger charge is 2.24. The van der Waals surface area contributed by atoms with E-state index in [1.165, 1.54) is 0 Å². The number of carbonyl (C=O) groups excluding carboxylic acids is 1. The second-order valence-electron chi connectivity index (χ2n) is 7.74. The number of anilines is 1. The van der Waals surface area contributed by atoms with Crippen LogP contribution in [-0.4, -0.2) is 33.2 Å². The molecule has 0 saturated heterocycles. The van der Waals surface area contributed by atoms with Gasteiger partial charge in [-0.05, 0) is 55.8 Å². The highest BCUT2D eigenvalue weighted by Crippen LogP contribution is 2.33. The molecule has 3 aromatic carbocycles. The van der Waals surface area contributed by atoms with Crippen molar-refractivity contribution in [3.05, 3.63) is 84.4 Å². The number of amides is 1. The van der Waals surface area contributed by atoms with Crippen molar-refractivity contribution >= 4 is 21.6 Å². The third kappa shape index (κ3) is 7.25. The third-order valence-electron chi connectivity index (χ3n) is 4.55. The zero-order chi connectivity index (χ0) is 23.8. The number of nitrogens with one attached hydrogen (secondary N) is 1. The normalized spacial score (nSPS) is 11.2. The summed E-state index contributed by atoms with van der Waals surface area (Å²) in [5, 5.41) is 2.78. The van der Waals surface area contributed by atoms with Gasteiger partial charge in [-0.2, -0.15) is 0 Å². The Morgan fingerprint density at radius 1 is 0.939 bits per heavy atom. The Hall–Kier alpha value is -3.52. The number of benzene rings is 3. The average molecular weight is 469 g/mol. The van der Waals surface area contributed by atoms with Crippen LogP contribution in [0.1, 0.15) is 19.4 Å². The van der Waals surface area contributed by atoms with Crippen LogP contribution < -0.4 is 19.1 Å². The highest BCUT2D eigenvalue weighted by atomic mass is 32.2. The van der Waals surface area contributed by atoms with Crippen LogP contribution in [0.4, 0.5) is 5.69 Å². The number of sulfonamides is 1. The smallest absolute Gasteiger partial charge is 0.241 e. The molecule has 8 heteroatoms. The van der Waals surface area contributed by atoms with E-state index in [0.29, 0.717) is 17.2 Å². The van der Waals surface area contributed by atoms with E-state index in [0.717, 1.165) is 16.1 Å². The molecule has 7 nitrogen and oxygen atoms in total. The third-order valence-corrected chi connectivity index (χ3v) is 5.68. The number of ether oxygens (including phenoxy) is 2. The minimum Gasteiger partial charge on any atom is -0.491 e. The molecule has 0 bridgehead atoms. The highest BCUT2D eigenvalue weighted by molar-refractivity contribution is 7.92. The van der Waals surface area contributed by atoms with Gasteiger partial charge in [0, 0.05) is 6.54 Å². The summed E-state index contributed by atoms with van der Waals surface area (Å²) in [4.78, 5) is 12.7. The Morgan fingerprint density at radius 3 is 2.30 bits per heavy atom. The van der Waals surface area contributed by atoms with E-state index in [2.05, 4.69) is 5.32 Å². The van der Waals surface area contributed by atoms with Crippen molar-refractivity contribution in [3.63, 3.8) is 0 Å². The minimum absolute atomic E-state index is 0.0383. The second-order valence-corrected chi connectivity index (χ2v) is 9.65. The van der Waals surface area contributed by atoms with Crippen molar-refractivity contribution in [2.24, 2.45) is 0 Å². The number of carbonyl (C=O) groups is 1. The first-order valence-corrected chi connectivity index (χ1v) is 12.4. The lowest BCUT2D eigenvalue weighted by Crippen LogP contribution is -2.40. The van der Waals surface area contributed by atoms with Gasteiger partial charge in [-0.3, -0.25) is 9.10 Å². The first-order valence-electron chi connectivity index (χ1n) is 10.5. The molecule has 174 valence electrons. The van der Waals surface area contributed by atoms with Gasteiger partial charge in [-0.25, -0.2) is 8.42 Å². The summed E-state index contributed by atoms with van der Waals surface area (Å²) in [7, 11) is -3.76. The molecule has 1 amide bonds. The Morgan fingerprint density at radius 2 is 1.61 bits per heavy atom. The molecule has 0 saturated carbocycles. The van der Waals surface area contributed by atoms with Gasteiger partial charge in [0.15, 0.2) is 5.75 Å². The van der Waals surface area contributed by atoms with Crippen LogP contribution in [0.2, 0.25) is 0 Å². The topological polar surface area (TPSA) is 84.9 Å². The standard InChI is InChI=1S/C25H28N2O5S/c1-19(2)31-22-13-9-10-20(16-22)17-26-25(28)18-27(33(3,29)30)23-14-7-8-15-24(23)32-21-11-5-4-6-12-21/h4-16,19H,17-18H2,1-3H3,(H,26,28). The number of hydrogen-bond acceptors (Lipinski definition) is 5.